The van der Waals surface area contributed by atoms with Crippen LogP contribution < -0.4 is 5.32 Å². The lowest BCUT2D eigenvalue weighted by Gasteiger charge is -2.37. The molecule has 8 heteroatoms. The minimum atomic E-state index is -2.06. The van der Waals surface area contributed by atoms with Crippen molar-refractivity contribution in [3.8, 4) is 0 Å². The Kier molecular flexibility index (Phi) is 6.50. The summed E-state index contributed by atoms with van der Waals surface area (Å²) in [7, 11) is -0.780. The van der Waals surface area contributed by atoms with Gasteiger partial charge in [0.2, 0.25) is 0 Å². The zero-order chi connectivity index (χ0) is 18.5. The van der Waals surface area contributed by atoms with Gasteiger partial charge in [-0.2, -0.15) is 0 Å². The van der Waals surface area contributed by atoms with E-state index in [1.165, 1.54) is 13.2 Å². The third kappa shape index (κ3) is 5.03. The van der Waals surface area contributed by atoms with Gasteiger partial charge in [0, 0.05) is 6.07 Å². The minimum Gasteiger partial charge on any atom is -0.467 e. The lowest BCUT2D eigenvalue weighted by Crippen LogP contribution is -2.45. The Balaban J connectivity index is 2.96. The summed E-state index contributed by atoms with van der Waals surface area (Å²) in [5.41, 5.74) is 0.162. The quantitative estimate of drug-likeness (QED) is 0.348. The molecule has 24 heavy (non-hydrogen) atoms. The number of para-hydroxylation sites is 2. The molecule has 0 heterocycles. The number of anilines is 1. The second-order valence-electron chi connectivity index (χ2n) is 7.07. The van der Waals surface area contributed by atoms with Crippen LogP contribution in [0.5, 0.6) is 0 Å². The normalized spacial score (nSPS) is 13.2. The van der Waals surface area contributed by atoms with Gasteiger partial charge in [0.1, 0.15) is 11.7 Å². The van der Waals surface area contributed by atoms with Crippen molar-refractivity contribution in [3.63, 3.8) is 0 Å². The van der Waals surface area contributed by atoms with Gasteiger partial charge < -0.3 is 14.5 Å². The van der Waals surface area contributed by atoms with E-state index in [0.29, 0.717) is 0 Å². The Bertz CT molecular complexity index is 598. The minimum absolute atomic E-state index is 0.00753. The van der Waals surface area contributed by atoms with E-state index in [0.717, 1.165) is 0 Å². The van der Waals surface area contributed by atoms with E-state index in [4.69, 9.17) is 9.16 Å². The average molecular weight is 354 g/mol. The fourth-order valence-corrected chi connectivity index (χ4v) is 2.78. The van der Waals surface area contributed by atoms with Crippen LogP contribution in [0.3, 0.4) is 0 Å². The Hall–Kier alpha value is -1.93. The molecule has 7 nitrogen and oxygen atoms in total. The van der Waals surface area contributed by atoms with E-state index in [-0.39, 0.29) is 23.0 Å². The zero-order valence-corrected chi connectivity index (χ0v) is 16.1. The maximum absolute atomic E-state index is 12.0. The van der Waals surface area contributed by atoms with Crippen LogP contribution in [0.4, 0.5) is 11.4 Å². The third-order valence-corrected chi connectivity index (χ3v) is 8.83. The molecule has 1 aromatic carbocycles. The molecule has 1 atom stereocenters. The van der Waals surface area contributed by atoms with Crippen molar-refractivity contribution in [2.24, 2.45) is 0 Å². The van der Waals surface area contributed by atoms with E-state index in [2.05, 4.69) is 39.2 Å². The summed E-state index contributed by atoms with van der Waals surface area (Å²) in [6, 6.07) is 5.36. The molecule has 0 aliphatic rings. The number of esters is 1. The predicted molar refractivity (Wildman–Crippen MR) is 95.7 cm³/mol. The van der Waals surface area contributed by atoms with Crippen molar-refractivity contribution < 1.29 is 18.9 Å². The summed E-state index contributed by atoms with van der Waals surface area (Å²) < 4.78 is 10.9. The van der Waals surface area contributed by atoms with Crippen LogP contribution in [0.15, 0.2) is 24.3 Å². The first-order chi connectivity index (χ1) is 11.0. The molecule has 0 spiro atoms. The highest BCUT2D eigenvalue weighted by Gasteiger charge is 2.38. The van der Waals surface area contributed by atoms with Crippen LogP contribution in [0.2, 0.25) is 18.1 Å². The van der Waals surface area contributed by atoms with E-state index in [1.54, 1.807) is 18.2 Å². The van der Waals surface area contributed by atoms with Crippen molar-refractivity contribution >= 4 is 25.7 Å². The van der Waals surface area contributed by atoms with E-state index >= 15 is 0 Å². The number of nitro benzene ring substituents is 1. The molecule has 0 saturated carbocycles. The number of methoxy groups -OCH3 is 1. The number of carbonyl (C=O) groups is 1. The first kappa shape index (κ1) is 20.1. The Morgan fingerprint density at radius 3 is 2.42 bits per heavy atom. The second kappa shape index (κ2) is 7.76. The molecule has 0 amide bonds. The van der Waals surface area contributed by atoms with Gasteiger partial charge in [-0.05, 0) is 24.2 Å². The molecule has 0 aliphatic heterocycles. The fraction of sp³-hybridized carbons (Fsp3) is 0.562. The van der Waals surface area contributed by atoms with Gasteiger partial charge in [-0.3, -0.25) is 10.1 Å². The lowest BCUT2D eigenvalue weighted by atomic mass is 10.2. The molecule has 134 valence electrons. The smallest absolute Gasteiger partial charge is 0.330 e. The van der Waals surface area contributed by atoms with Crippen molar-refractivity contribution in [1.29, 1.82) is 0 Å². The van der Waals surface area contributed by atoms with Gasteiger partial charge in [0.25, 0.3) is 5.69 Å². The van der Waals surface area contributed by atoms with Crippen LogP contribution in [0.25, 0.3) is 0 Å². The number of ether oxygens (including phenoxy) is 1. The monoisotopic (exact) mass is 354 g/mol. The average Bonchev–Trinajstić information content (AvgIpc) is 2.49. The molecule has 1 aromatic rings. The van der Waals surface area contributed by atoms with E-state index in [1.807, 2.05) is 0 Å². The molecule has 0 saturated heterocycles. The van der Waals surface area contributed by atoms with Crippen LogP contribution in [0.1, 0.15) is 20.8 Å². The lowest BCUT2D eigenvalue weighted by molar-refractivity contribution is -0.384. The number of nitrogens with one attached hydrogen (secondary N) is 1. The molecule has 0 fully saturated rings. The van der Waals surface area contributed by atoms with Gasteiger partial charge >= 0.3 is 5.97 Å². The molecule has 1 N–H and O–H groups in total. The number of carbonyl (C=O) groups excluding carboxylic acids is 1. The molecular formula is C16H26N2O5Si. The maximum Gasteiger partial charge on any atom is 0.330 e. The Morgan fingerprint density at radius 1 is 1.33 bits per heavy atom. The number of hydrogen-bond acceptors (Lipinski definition) is 6. The molecule has 0 aromatic heterocycles. The zero-order valence-electron chi connectivity index (χ0n) is 15.1. The number of rotatable bonds is 7. The van der Waals surface area contributed by atoms with Gasteiger partial charge in [-0.1, -0.05) is 32.9 Å². The first-order valence-electron chi connectivity index (χ1n) is 7.71. The Morgan fingerprint density at radius 2 is 1.92 bits per heavy atom. The number of nitrogens with zero attached hydrogens (tertiary/aromatic N) is 1. The van der Waals surface area contributed by atoms with Gasteiger partial charge in [-0.15, -0.1) is 0 Å². The van der Waals surface area contributed by atoms with Crippen molar-refractivity contribution in [1.82, 2.24) is 0 Å². The van der Waals surface area contributed by atoms with E-state index in [9.17, 15) is 14.9 Å². The highest BCUT2D eigenvalue weighted by Crippen LogP contribution is 2.36. The largest absolute Gasteiger partial charge is 0.467 e. The van der Waals surface area contributed by atoms with Crippen LogP contribution in [-0.2, 0) is 14.0 Å². The summed E-state index contributed by atoms with van der Waals surface area (Å²) in [5, 5.41) is 14.0. The molecule has 0 bridgehead atoms. The molecular weight excluding hydrogens is 328 g/mol. The summed E-state index contributed by atoms with van der Waals surface area (Å²) >= 11 is 0. The fourth-order valence-electron chi connectivity index (χ4n) is 1.76. The summed E-state index contributed by atoms with van der Waals surface area (Å²) in [4.78, 5) is 22.7. The van der Waals surface area contributed by atoms with Crippen molar-refractivity contribution in [3.05, 3.63) is 34.4 Å². The number of nitro groups is 1. The maximum atomic E-state index is 12.0. The molecule has 0 aliphatic carbocycles. The Labute approximate surface area is 143 Å². The second-order valence-corrected chi connectivity index (χ2v) is 11.9. The highest BCUT2D eigenvalue weighted by molar-refractivity contribution is 6.74. The van der Waals surface area contributed by atoms with Crippen LogP contribution in [0, 0.1) is 10.1 Å². The highest BCUT2D eigenvalue weighted by atomic mass is 28.4. The molecule has 1 rings (SSSR count). The van der Waals surface area contributed by atoms with Gasteiger partial charge in [0.15, 0.2) is 8.32 Å². The summed E-state index contributed by atoms with van der Waals surface area (Å²) in [5.74, 6) is -0.521. The molecule has 0 unspecified atom stereocenters. The predicted octanol–water partition coefficient (Wildman–Crippen LogP) is 3.57. The van der Waals surface area contributed by atoms with Crippen molar-refractivity contribution in [2.45, 2.75) is 44.9 Å². The summed E-state index contributed by atoms with van der Waals surface area (Å²) in [6.07, 6.45) is 0. The standard InChI is InChI=1S/C16H26N2O5Si/c1-16(2,3)24(5,6)23-11-13(15(19)22-4)17-12-9-7-8-10-14(12)18(20)21/h7-10,13,17H,11H2,1-6H3/t13-/m0/s1. The van der Waals surface area contributed by atoms with E-state index < -0.39 is 25.3 Å². The van der Waals surface area contributed by atoms with Crippen LogP contribution >= 0.6 is 0 Å². The topological polar surface area (TPSA) is 90.7 Å². The first-order valence-corrected chi connectivity index (χ1v) is 10.6. The number of hydrogen-bond donors (Lipinski definition) is 1. The van der Waals surface area contributed by atoms with Crippen molar-refractivity contribution in [2.75, 3.05) is 19.0 Å². The van der Waals surface area contributed by atoms with Gasteiger partial charge in [0.05, 0.1) is 18.6 Å². The summed E-state index contributed by atoms with van der Waals surface area (Å²) in [6.45, 7) is 10.5. The number of benzene rings is 1. The van der Waals surface area contributed by atoms with Gasteiger partial charge in [-0.25, -0.2) is 4.79 Å². The third-order valence-electron chi connectivity index (χ3n) is 4.33. The van der Waals surface area contributed by atoms with Crippen LogP contribution in [-0.4, -0.2) is 39.0 Å². The molecule has 0 radical (unpaired) electrons. The SMILES string of the molecule is COC(=O)[C@H](CO[Si](C)(C)C(C)(C)C)Nc1ccccc1[N+](=O)[O-].